The van der Waals surface area contributed by atoms with E-state index in [-0.39, 0.29) is 6.42 Å². The summed E-state index contributed by atoms with van der Waals surface area (Å²) in [5, 5.41) is 22.6. The molecule has 1 aromatic carbocycles. The first-order chi connectivity index (χ1) is 11.7. The minimum Gasteiger partial charge on any atom is -0.481 e. The molecule has 0 aliphatic heterocycles. The minimum atomic E-state index is -1.42. The molecule has 0 aliphatic rings. The van der Waals surface area contributed by atoms with Crippen LogP contribution < -0.4 is 16.4 Å². The highest BCUT2D eigenvalue weighted by Gasteiger charge is 2.29. The summed E-state index contributed by atoms with van der Waals surface area (Å²) in [6.45, 7) is 1.38. The van der Waals surface area contributed by atoms with E-state index in [1.54, 1.807) is 30.3 Å². The second-order valence-electron chi connectivity index (χ2n) is 5.54. The minimum absolute atomic E-state index is 0.0168. The lowest BCUT2D eigenvalue weighted by Gasteiger charge is -2.21. The Morgan fingerprint density at radius 1 is 1.00 bits per heavy atom. The molecule has 9 nitrogen and oxygen atoms in total. The second-order valence-corrected chi connectivity index (χ2v) is 5.54. The molecule has 1 rings (SSSR count). The number of nitrogens with two attached hydrogens (primary N) is 1. The highest BCUT2D eigenvalue weighted by Crippen LogP contribution is 2.05. The normalized spacial score (nSPS) is 14.0. The molecule has 0 heterocycles. The topological polar surface area (TPSA) is 159 Å². The second kappa shape index (κ2) is 9.38. The maximum atomic E-state index is 12.2. The number of carboxylic acids is 2. The highest BCUT2D eigenvalue weighted by molar-refractivity contribution is 5.93. The van der Waals surface area contributed by atoms with Crippen LogP contribution in [0.25, 0.3) is 0 Å². The van der Waals surface area contributed by atoms with Gasteiger partial charge in [0.25, 0.3) is 0 Å². The molecule has 2 amide bonds. The van der Waals surface area contributed by atoms with Crippen molar-refractivity contribution >= 4 is 23.8 Å². The summed E-state index contributed by atoms with van der Waals surface area (Å²) >= 11 is 0. The monoisotopic (exact) mass is 351 g/mol. The van der Waals surface area contributed by atoms with Crippen LogP contribution in [0.4, 0.5) is 0 Å². The van der Waals surface area contributed by atoms with Crippen molar-refractivity contribution in [3.63, 3.8) is 0 Å². The van der Waals surface area contributed by atoms with Crippen molar-refractivity contribution in [1.82, 2.24) is 10.6 Å². The molecule has 0 saturated carbocycles. The molecule has 0 saturated heterocycles. The van der Waals surface area contributed by atoms with Crippen molar-refractivity contribution in [2.45, 2.75) is 37.9 Å². The van der Waals surface area contributed by atoms with Crippen LogP contribution in [0.15, 0.2) is 30.3 Å². The zero-order valence-corrected chi connectivity index (χ0v) is 13.6. The number of carbonyl (C=O) groups is 4. The van der Waals surface area contributed by atoms with Gasteiger partial charge in [-0.1, -0.05) is 30.3 Å². The average Bonchev–Trinajstić information content (AvgIpc) is 2.53. The summed E-state index contributed by atoms with van der Waals surface area (Å²) in [5.41, 5.74) is 6.07. The van der Waals surface area contributed by atoms with Crippen LogP contribution in [0.5, 0.6) is 0 Å². The Balaban J connectivity index is 2.84. The lowest BCUT2D eigenvalue weighted by Crippen LogP contribution is -2.55. The van der Waals surface area contributed by atoms with Crippen molar-refractivity contribution in [3.05, 3.63) is 35.9 Å². The number of carbonyl (C=O) groups excluding carboxylic acids is 2. The van der Waals surface area contributed by atoms with Crippen LogP contribution in [0, 0.1) is 0 Å². The van der Waals surface area contributed by atoms with E-state index >= 15 is 0 Å². The van der Waals surface area contributed by atoms with Crippen molar-refractivity contribution in [2.24, 2.45) is 5.73 Å². The van der Waals surface area contributed by atoms with Crippen LogP contribution in [-0.2, 0) is 25.6 Å². The molecule has 1 aromatic rings. The van der Waals surface area contributed by atoms with Crippen molar-refractivity contribution in [3.8, 4) is 0 Å². The summed E-state index contributed by atoms with van der Waals surface area (Å²) in [4.78, 5) is 46.1. The molecule has 0 radical (unpaired) electrons. The van der Waals surface area contributed by atoms with Gasteiger partial charge in [0.05, 0.1) is 12.5 Å². The van der Waals surface area contributed by atoms with Gasteiger partial charge in [0, 0.05) is 6.42 Å². The van der Waals surface area contributed by atoms with Gasteiger partial charge in [0.15, 0.2) is 0 Å². The molecule has 0 unspecified atom stereocenters. The van der Waals surface area contributed by atoms with Crippen molar-refractivity contribution in [2.75, 3.05) is 0 Å². The van der Waals surface area contributed by atoms with Gasteiger partial charge in [-0.15, -0.1) is 0 Å². The van der Waals surface area contributed by atoms with E-state index in [9.17, 15) is 24.3 Å². The largest absolute Gasteiger partial charge is 0.481 e. The Hall–Kier alpha value is -2.94. The third-order valence-corrected chi connectivity index (χ3v) is 3.32. The van der Waals surface area contributed by atoms with Gasteiger partial charge in [0.1, 0.15) is 12.1 Å². The lowest BCUT2D eigenvalue weighted by atomic mass is 10.1. The van der Waals surface area contributed by atoms with E-state index in [1.165, 1.54) is 6.92 Å². The molecule has 0 aliphatic carbocycles. The quantitative estimate of drug-likeness (QED) is 0.386. The molecule has 25 heavy (non-hydrogen) atoms. The predicted octanol–water partition coefficient (Wildman–Crippen LogP) is -0.895. The molecule has 0 fully saturated rings. The fourth-order valence-electron chi connectivity index (χ4n) is 2.01. The molecule has 0 spiro atoms. The van der Waals surface area contributed by atoms with Crippen LogP contribution in [0.1, 0.15) is 18.9 Å². The van der Waals surface area contributed by atoms with Gasteiger partial charge in [-0.25, -0.2) is 4.79 Å². The summed E-state index contributed by atoms with van der Waals surface area (Å²) in [6, 6.07) is 5.00. The number of benzene rings is 1. The Bertz CT molecular complexity index is 632. The fraction of sp³-hybridized carbons (Fsp3) is 0.375. The summed E-state index contributed by atoms with van der Waals surface area (Å²) in [6.07, 6.45) is -0.676. The first kappa shape index (κ1) is 20.1. The molecule has 6 N–H and O–H groups in total. The number of rotatable bonds is 9. The summed E-state index contributed by atoms with van der Waals surface area (Å²) < 4.78 is 0. The van der Waals surface area contributed by atoms with E-state index in [0.717, 1.165) is 0 Å². The average molecular weight is 351 g/mol. The molecular formula is C16H21N3O6. The van der Waals surface area contributed by atoms with Crippen LogP contribution in [-0.4, -0.2) is 52.1 Å². The zero-order valence-electron chi connectivity index (χ0n) is 13.6. The Labute approximate surface area is 144 Å². The molecular weight excluding hydrogens is 330 g/mol. The van der Waals surface area contributed by atoms with Gasteiger partial charge >= 0.3 is 11.9 Å². The van der Waals surface area contributed by atoms with E-state index < -0.39 is 48.3 Å². The summed E-state index contributed by atoms with van der Waals surface area (Å²) in [7, 11) is 0. The summed E-state index contributed by atoms with van der Waals surface area (Å²) in [5.74, 6) is -4.21. The van der Waals surface area contributed by atoms with Crippen molar-refractivity contribution < 1.29 is 29.4 Å². The SMILES string of the molecule is C[C@H](N)C(=O)N[C@@H](CC(=O)O)C(=O)N[C@@H](Cc1ccccc1)C(=O)O. The first-order valence-corrected chi connectivity index (χ1v) is 7.55. The zero-order chi connectivity index (χ0) is 19.0. The standard InChI is InChI=1S/C16H21N3O6/c1-9(17)14(22)18-11(8-13(20)21)15(23)19-12(16(24)25)7-10-5-3-2-4-6-10/h2-6,9,11-12H,7-8,17H2,1H3,(H,18,22)(H,19,23)(H,20,21)(H,24,25)/t9-,11-,12-/m0/s1. The molecule has 136 valence electrons. The predicted molar refractivity (Wildman–Crippen MR) is 87.5 cm³/mol. The van der Waals surface area contributed by atoms with Crippen molar-refractivity contribution in [1.29, 1.82) is 0 Å². The van der Waals surface area contributed by atoms with E-state index in [4.69, 9.17) is 10.8 Å². The third kappa shape index (κ3) is 7.00. The van der Waals surface area contributed by atoms with E-state index in [0.29, 0.717) is 5.56 Å². The van der Waals surface area contributed by atoms with E-state index in [2.05, 4.69) is 10.6 Å². The lowest BCUT2D eigenvalue weighted by molar-refractivity contribution is -0.143. The van der Waals surface area contributed by atoms with Gasteiger partial charge in [-0.05, 0) is 12.5 Å². The van der Waals surface area contributed by atoms with Gasteiger partial charge in [-0.2, -0.15) is 0 Å². The van der Waals surface area contributed by atoms with Crippen LogP contribution >= 0.6 is 0 Å². The number of nitrogens with one attached hydrogen (secondary N) is 2. The molecule has 3 atom stereocenters. The van der Waals surface area contributed by atoms with Gasteiger partial charge < -0.3 is 26.6 Å². The highest BCUT2D eigenvalue weighted by atomic mass is 16.4. The Morgan fingerprint density at radius 2 is 1.56 bits per heavy atom. The first-order valence-electron chi connectivity index (χ1n) is 7.55. The molecule has 0 bridgehead atoms. The maximum Gasteiger partial charge on any atom is 0.326 e. The number of carboxylic acid groups (broad SMARTS) is 2. The Kier molecular flexibility index (Phi) is 7.54. The number of aliphatic carboxylic acids is 2. The third-order valence-electron chi connectivity index (χ3n) is 3.32. The smallest absolute Gasteiger partial charge is 0.326 e. The maximum absolute atomic E-state index is 12.2. The molecule has 0 aromatic heterocycles. The number of hydrogen-bond acceptors (Lipinski definition) is 5. The van der Waals surface area contributed by atoms with Gasteiger partial charge in [0.2, 0.25) is 11.8 Å². The van der Waals surface area contributed by atoms with E-state index in [1.807, 2.05) is 0 Å². The fourth-order valence-corrected chi connectivity index (χ4v) is 2.01. The van der Waals surface area contributed by atoms with Gasteiger partial charge in [-0.3, -0.25) is 14.4 Å². The van der Waals surface area contributed by atoms with Crippen LogP contribution in [0.3, 0.4) is 0 Å². The molecule has 9 heteroatoms. The Morgan fingerprint density at radius 3 is 2.04 bits per heavy atom. The van der Waals surface area contributed by atoms with Crippen LogP contribution in [0.2, 0.25) is 0 Å². The number of amides is 2. The number of hydrogen-bond donors (Lipinski definition) is 5.